The number of rotatable bonds is 3. The van der Waals surface area contributed by atoms with E-state index in [0.29, 0.717) is 0 Å². The van der Waals surface area contributed by atoms with Crippen molar-refractivity contribution in [2.75, 3.05) is 4.31 Å². The molecule has 2 aromatic rings. The van der Waals surface area contributed by atoms with Crippen molar-refractivity contribution < 1.29 is 18.7 Å². The highest BCUT2D eigenvalue weighted by molar-refractivity contribution is 7.82. The van der Waals surface area contributed by atoms with Crippen LogP contribution in [0.4, 0.5) is 19.3 Å². The summed E-state index contributed by atoms with van der Waals surface area (Å²) in [6.45, 7) is 2.16. The van der Waals surface area contributed by atoms with E-state index in [-0.39, 0.29) is 12.2 Å². The monoisotopic (exact) mass is 324 g/mol. The van der Waals surface area contributed by atoms with Gasteiger partial charge in [-0.1, -0.05) is 37.1 Å². The molecule has 7 heteroatoms. The highest BCUT2D eigenvalue weighted by atomic mass is 32.1. The number of phenolic OH excluding ortho intramolecular Hbond substituents is 1. The molecule has 0 saturated carbocycles. The number of thiol groups is 1. The molecular weight excluding hydrogens is 310 g/mol. The predicted octanol–water partition coefficient (Wildman–Crippen LogP) is 3.54. The van der Waals surface area contributed by atoms with Crippen molar-refractivity contribution in [3.05, 3.63) is 59.2 Å². The van der Waals surface area contributed by atoms with E-state index in [2.05, 4.69) is 18.1 Å². The molecule has 2 amide bonds. The van der Waals surface area contributed by atoms with E-state index in [0.717, 1.165) is 27.6 Å². The second-order valence-electron chi connectivity index (χ2n) is 4.66. The summed E-state index contributed by atoms with van der Waals surface area (Å²) in [6, 6.07) is 8.49. The number of phenols is 1. The number of carbonyl (C=O) groups excluding carboxylic acids is 1. The van der Waals surface area contributed by atoms with Gasteiger partial charge in [-0.05, 0) is 18.1 Å². The summed E-state index contributed by atoms with van der Waals surface area (Å²) in [5, 5.41) is 11.6. The number of urea groups is 1. The van der Waals surface area contributed by atoms with Gasteiger partial charge in [0.2, 0.25) is 0 Å². The highest BCUT2D eigenvalue weighted by Gasteiger charge is 2.17. The molecule has 0 aromatic heterocycles. The van der Waals surface area contributed by atoms with Crippen LogP contribution in [-0.2, 0) is 6.54 Å². The molecule has 0 heterocycles. The molecule has 0 bridgehead atoms. The van der Waals surface area contributed by atoms with Crippen LogP contribution in [0.5, 0.6) is 5.75 Å². The SMILES string of the molecule is Cc1ccccc1CNC(=O)N(S)c1cc(F)c(O)c(F)c1. The molecular formula is C15H14F2N2O2S. The minimum Gasteiger partial charge on any atom is -0.503 e. The number of anilines is 1. The van der Waals surface area contributed by atoms with E-state index < -0.39 is 23.4 Å². The lowest BCUT2D eigenvalue weighted by Gasteiger charge is -2.17. The van der Waals surface area contributed by atoms with Crippen LogP contribution in [0.15, 0.2) is 36.4 Å². The molecule has 4 nitrogen and oxygen atoms in total. The van der Waals surface area contributed by atoms with Crippen LogP contribution in [0.1, 0.15) is 11.1 Å². The van der Waals surface area contributed by atoms with Gasteiger partial charge in [0.1, 0.15) is 0 Å². The number of nitrogens with zero attached hydrogens (tertiary/aromatic N) is 1. The highest BCUT2D eigenvalue weighted by Crippen LogP contribution is 2.27. The van der Waals surface area contributed by atoms with Crippen LogP contribution in [0.25, 0.3) is 0 Å². The standard InChI is InChI=1S/C15H14F2N2O2S/c1-9-4-2-3-5-10(9)8-18-15(21)19(22)11-6-12(16)14(20)13(17)7-11/h2-7,20,22H,8H2,1H3,(H,18,21). The average Bonchev–Trinajstić information content (AvgIpc) is 2.50. The van der Waals surface area contributed by atoms with Crippen LogP contribution in [0.2, 0.25) is 0 Å². The second kappa shape index (κ2) is 6.65. The maximum absolute atomic E-state index is 13.3. The Kier molecular flexibility index (Phi) is 4.87. The summed E-state index contributed by atoms with van der Waals surface area (Å²) in [4.78, 5) is 12.0. The zero-order chi connectivity index (χ0) is 16.3. The molecule has 0 spiro atoms. The number of carbonyl (C=O) groups is 1. The van der Waals surface area contributed by atoms with Crippen LogP contribution in [0, 0.1) is 18.6 Å². The summed E-state index contributed by atoms with van der Waals surface area (Å²) >= 11 is 3.92. The number of benzene rings is 2. The van der Waals surface area contributed by atoms with Crippen molar-refractivity contribution in [3.63, 3.8) is 0 Å². The number of aryl methyl sites for hydroxylation is 1. The number of aromatic hydroxyl groups is 1. The Balaban J connectivity index is 2.08. The summed E-state index contributed by atoms with van der Waals surface area (Å²) in [5.74, 6) is -3.42. The molecule has 0 saturated heterocycles. The molecule has 0 aliphatic rings. The van der Waals surface area contributed by atoms with Crippen LogP contribution in [0.3, 0.4) is 0 Å². The molecule has 2 rings (SSSR count). The van der Waals surface area contributed by atoms with Crippen LogP contribution < -0.4 is 9.62 Å². The topological polar surface area (TPSA) is 52.6 Å². The molecule has 0 radical (unpaired) electrons. The Morgan fingerprint density at radius 3 is 2.45 bits per heavy atom. The van der Waals surface area contributed by atoms with E-state index in [4.69, 9.17) is 5.11 Å². The zero-order valence-corrected chi connectivity index (χ0v) is 12.6. The molecule has 0 atom stereocenters. The van der Waals surface area contributed by atoms with Gasteiger partial charge < -0.3 is 10.4 Å². The summed E-state index contributed by atoms with van der Waals surface area (Å²) < 4.78 is 27.3. The maximum Gasteiger partial charge on any atom is 0.332 e. The molecule has 22 heavy (non-hydrogen) atoms. The first-order valence-corrected chi connectivity index (χ1v) is 6.79. The first kappa shape index (κ1) is 16.1. The van der Waals surface area contributed by atoms with E-state index in [9.17, 15) is 13.6 Å². The third kappa shape index (κ3) is 3.48. The molecule has 116 valence electrons. The van der Waals surface area contributed by atoms with E-state index in [1.807, 2.05) is 31.2 Å². The third-order valence-corrected chi connectivity index (χ3v) is 3.54. The largest absolute Gasteiger partial charge is 0.503 e. The van der Waals surface area contributed by atoms with E-state index in [1.165, 1.54) is 0 Å². The van der Waals surface area contributed by atoms with Gasteiger partial charge in [0.15, 0.2) is 17.4 Å². The van der Waals surface area contributed by atoms with Crippen molar-refractivity contribution in [2.24, 2.45) is 0 Å². The van der Waals surface area contributed by atoms with Crippen molar-refractivity contribution >= 4 is 24.5 Å². The molecule has 2 aromatic carbocycles. The van der Waals surface area contributed by atoms with Crippen LogP contribution >= 0.6 is 12.8 Å². The normalized spacial score (nSPS) is 10.4. The summed E-state index contributed by atoms with van der Waals surface area (Å²) in [6.07, 6.45) is 0. The van der Waals surface area contributed by atoms with Gasteiger partial charge in [-0.2, -0.15) is 0 Å². The van der Waals surface area contributed by atoms with Gasteiger partial charge in [0.05, 0.1) is 5.69 Å². The molecule has 0 unspecified atom stereocenters. The number of hydrogen-bond acceptors (Lipinski definition) is 3. The van der Waals surface area contributed by atoms with Gasteiger partial charge in [-0.3, -0.25) is 0 Å². The maximum atomic E-state index is 13.3. The smallest absolute Gasteiger partial charge is 0.332 e. The van der Waals surface area contributed by atoms with Gasteiger partial charge in [-0.15, -0.1) is 0 Å². The molecule has 0 aliphatic carbocycles. The Hall–Kier alpha value is -2.28. The predicted molar refractivity (Wildman–Crippen MR) is 82.9 cm³/mol. The van der Waals surface area contributed by atoms with E-state index >= 15 is 0 Å². The Morgan fingerprint density at radius 2 is 1.86 bits per heavy atom. The van der Waals surface area contributed by atoms with Crippen molar-refractivity contribution in [3.8, 4) is 5.75 Å². The van der Waals surface area contributed by atoms with E-state index in [1.54, 1.807) is 0 Å². The molecule has 0 aliphatic heterocycles. The number of amides is 2. The fraction of sp³-hybridized carbons (Fsp3) is 0.133. The average molecular weight is 324 g/mol. The van der Waals surface area contributed by atoms with Crippen molar-refractivity contribution in [1.82, 2.24) is 5.32 Å². The third-order valence-electron chi connectivity index (χ3n) is 3.13. The minimum absolute atomic E-state index is 0.126. The van der Waals surface area contributed by atoms with Gasteiger partial charge in [-0.25, -0.2) is 17.9 Å². The second-order valence-corrected chi connectivity index (χ2v) is 5.06. The lowest BCUT2D eigenvalue weighted by Crippen LogP contribution is -2.33. The Labute approximate surface area is 131 Å². The molecule has 0 fully saturated rings. The first-order chi connectivity index (χ1) is 10.4. The minimum atomic E-state index is -1.17. The summed E-state index contributed by atoms with van der Waals surface area (Å²) in [7, 11) is 0. The number of hydrogen-bond donors (Lipinski definition) is 3. The summed E-state index contributed by atoms with van der Waals surface area (Å²) in [5.41, 5.74) is 1.80. The quantitative estimate of drug-likeness (QED) is 0.757. The first-order valence-electron chi connectivity index (χ1n) is 6.39. The molecule has 2 N–H and O–H groups in total. The lowest BCUT2D eigenvalue weighted by molar-refractivity contribution is 0.249. The van der Waals surface area contributed by atoms with Crippen molar-refractivity contribution in [2.45, 2.75) is 13.5 Å². The number of halogens is 2. The Bertz CT molecular complexity index is 687. The van der Waals surface area contributed by atoms with Gasteiger partial charge >= 0.3 is 6.03 Å². The fourth-order valence-electron chi connectivity index (χ4n) is 1.85. The Morgan fingerprint density at radius 1 is 1.27 bits per heavy atom. The number of nitrogens with one attached hydrogen (secondary N) is 1. The van der Waals surface area contributed by atoms with Crippen LogP contribution in [-0.4, -0.2) is 11.1 Å². The van der Waals surface area contributed by atoms with Gasteiger partial charge in [0, 0.05) is 18.7 Å². The lowest BCUT2D eigenvalue weighted by atomic mass is 10.1. The van der Waals surface area contributed by atoms with Gasteiger partial charge in [0.25, 0.3) is 0 Å². The fourth-order valence-corrected chi connectivity index (χ4v) is 2.03. The zero-order valence-electron chi connectivity index (χ0n) is 11.7. The van der Waals surface area contributed by atoms with Crippen molar-refractivity contribution in [1.29, 1.82) is 0 Å².